The van der Waals surface area contributed by atoms with E-state index in [1.54, 1.807) is 6.92 Å². The van der Waals surface area contributed by atoms with Gasteiger partial charge < -0.3 is 5.11 Å². The van der Waals surface area contributed by atoms with Crippen LogP contribution in [-0.2, 0) is 10.0 Å². The summed E-state index contributed by atoms with van der Waals surface area (Å²) in [6.07, 6.45) is 1.22. The number of nitrogens with zero attached hydrogens (tertiary/aromatic N) is 1. The smallest absolute Gasteiger partial charge is 0.354 e. The van der Waals surface area contributed by atoms with Crippen molar-refractivity contribution in [1.29, 1.82) is 0 Å². The molecule has 0 fully saturated rings. The summed E-state index contributed by atoms with van der Waals surface area (Å²) in [5.74, 6) is -1.24. The maximum absolute atomic E-state index is 12.3. The highest BCUT2D eigenvalue weighted by Gasteiger charge is 2.18. The first-order chi connectivity index (χ1) is 9.79. The second-order valence-electron chi connectivity index (χ2n) is 4.25. The second kappa shape index (κ2) is 5.71. The van der Waals surface area contributed by atoms with Crippen LogP contribution < -0.4 is 4.72 Å². The molecule has 21 heavy (non-hydrogen) atoms. The van der Waals surface area contributed by atoms with Gasteiger partial charge in [-0.1, -0.05) is 11.6 Å². The van der Waals surface area contributed by atoms with Gasteiger partial charge in [0.15, 0.2) is 0 Å². The minimum atomic E-state index is -3.83. The van der Waals surface area contributed by atoms with E-state index in [4.69, 9.17) is 16.7 Å². The van der Waals surface area contributed by atoms with Gasteiger partial charge in [0.2, 0.25) is 0 Å². The molecule has 0 spiro atoms. The first kappa shape index (κ1) is 15.3. The highest BCUT2D eigenvalue weighted by atomic mass is 35.5. The number of nitrogens with one attached hydrogen (secondary N) is 1. The molecule has 0 aliphatic carbocycles. The molecule has 0 bridgehead atoms. The van der Waals surface area contributed by atoms with Crippen LogP contribution in [0.3, 0.4) is 0 Å². The molecule has 2 N–H and O–H groups in total. The summed E-state index contributed by atoms with van der Waals surface area (Å²) >= 11 is 5.79. The Morgan fingerprint density at radius 2 is 2.00 bits per heavy atom. The fourth-order valence-corrected chi connectivity index (χ4v) is 3.24. The molecule has 1 aromatic heterocycles. The van der Waals surface area contributed by atoms with Gasteiger partial charge in [0.05, 0.1) is 10.6 Å². The van der Waals surface area contributed by atoms with E-state index >= 15 is 0 Å². The Bertz CT molecular complexity index is 806. The average molecular weight is 327 g/mol. The van der Waals surface area contributed by atoms with Crippen LogP contribution in [-0.4, -0.2) is 24.5 Å². The number of halogens is 1. The third kappa shape index (κ3) is 3.50. The zero-order chi connectivity index (χ0) is 15.6. The Morgan fingerprint density at radius 1 is 1.29 bits per heavy atom. The molecule has 0 atom stereocenters. The van der Waals surface area contributed by atoms with Crippen LogP contribution in [0.5, 0.6) is 0 Å². The fourth-order valence-electron chi connectivity index (χ4n) is 1.74. The molecule has 110 valence electrons. The van der Waals surface area contributed by atoms with E-state index in [-0.39, 0.29) is 16.3 Å². The molecule has 1 heterocycles. The van der Waals surface area contributed by atoms with E-state index in [1.807, 2.05) is 0 Å². The SMILES string of the molecule is Cc1cc(Cl)ccc1S(=O)(=O)Nc1ccnc(C(=O)O)c1. The van der Waals surface area contributed by atoms with Crippen molar-refractivity contribution >= 4 is 33.3 Å². The quantitative estimate of drug-likeness (QED) is 0.900. The number of hydrogen-bond acceptors (Lipinski definition) is 4. The fraction of sp³-hybridized carbons (Fsp3) is 0.0769. The van der Waals surface area contributed by atoms with Gasteiger partial charge in [0.25, 0.3) is 10.0 Å². The maximum Gasteiger partial charge on any atom is 0.354 e. The summed E-state index contributed by atoms with van der Waals surface area (Å²) in [4.78, 5) is 14.5. The molecule has 6 nitrogen and oxygen atoms in total. The topological polar surface area (TPSA) is 96.4 Å². The highest BCUT2D eigenvalue weighted by Crippen LogP contribution is 2.22. The number of pyridine rings is 1. The largest absolute Gasteiger partial charge is 0.477 e. The number of aromatic carboxylic acids is 1. The number of benzene rings is 1. The van der Waals surface area contributed by atoms with Crippen molar-refractivity contribution in [3.8, 4) is 0 Å². The number of rotatable bonds is 4. The molecule has 0 saturated carbocycles. The average Bonchev–Trinajstić information content (AvgIpc) is 2.37. The number of anilines is 1. The second-order valence-corrected chi connectivity index (χ2v) is 6.34. The van der Waals surface area contributed by atoms with Gasteiger partial charge in [-0.3, -0.25) is 4.72 Å². The summed E-state index contributed by atoms with van der Waals surface area (Å²) < 4.78 is 26.9. The van der Waals surface area contributed by atoms with Crippen LogP contribution in [0, 0.1) is 6.92 Å². The lowest BCUT2D eigenvalue weighted by Crippen LogP contribution is -2.15. The van der Waals surface area contributed by atoms with Crippen molar-refractivity contribution in [3.05, 3.63) is 52.8 Å². The number of hydrogen-bond donors (Lipinski definition) is 2. The van der Waals surface area contributed by atoms with Crippen LogP contribution in [0.1, 0.15) is 16.1 Å². The summed E-state index contributed by atoms with van der Waals surface area (Å²) in [5.41, 5.74) is 0.363. The third-order valence-electron chi connectivity index (χ3n) is 2.66. The van der Waals surface area contributed by atoms with Crippen molar-refractivity contribution in [2.75, 3.05) is 4.72 Å². The molecule has 0 aliphatic rings. The van der Waals surface area contributed by atoms with Crippen LogP contribution in [0.2, 0.25) is 5.02 Å². The van der Waals surface area contributed by atoms with Gasteiger partial charge in [-0.25, -0.2) is 18.2 Å². The molecule has 0 unspecified atom stereocenters. The third-order valence-corrected chi connectivity index (χ3v) is 4.43. The van der Waals surface area contributed by atoms with Crippen molar-refractivity contribution in [2.24, 2.45) is 0 Å². The molecule has 0 aliphatic heterocycles. The maximum atomic E-state index is 12.3. The molecule has 1 aromatic carbocycles. The summed E-state index contributed by atoms with van der Waals surface area (Å²) in [6, 6.07) is 6.91. The molecule has 0 amide bonds. The van der Waals surface area contributed by atoms with E-state index in [1.165, 1.54) is 30.5 Å². The van der Waals surface area contributed by atoms with Gasteiger partial charge in [-0.15, -0.1) is 0 Å². The van der Waals surface area contributed by atoms with Crippen LogP contribution in [0.4, 0.5) is 5.69 Å². The normalized spacial score (nSPS) is 11.1. The van der Waals surface area contributed by atoms with E-state index in [2.05, 4.69) is 9.71 Å². The van der Waals surface area contributed by atoms with Crippen LogP contribution in [0.25, 0.3) is 0 Å². The number of aryl methyl sites for hydroxylation is 1. The van der Waals surface area contributed by atoms with Crippen molar-refractivity contribution in [2.45, 2.75) is 11.8 Å². The monoisotopic (exact) mass is 326 g/mol. The minimum Gasteiger partial charge on any atom is -0.477 e. The van der Waals surface area contributed by atoms with Crippen LogP contribution in [0.15, 0.2) is 41.4 Å². The Hall–Kier alpha value is -2.12. The zero-order valence-electron chi connectivity index (χ0n) is 10.9. The number of sulfonamides is 1. The lowest BCUT2D eigenvalue weighted by molar-refractivity contribution is 0.0690. The summed E-state index contributed by atoms with van der Waals surface area (Å²) in [7, 11) is -3.83. The lowest BCUT2D eigenvalue weighted by atomic mass is 10.2. The molecule has 0 saturated heterocycles. The van der Waals surface area contributed by atoms with Gasteiger partial charge in [-0.2, -0.15) is 0 Å². The Morgan fingerprint density at radius 3 is 2.62 bits per heavy atom. The summed E-state index contributed by atoms with van der Waals surface area (Å²) in [6.45, 7) is 1.62. The number of aromatic nitrogens is 1. The molecule has 2 rings (SSSR count). The molecular weight excluding hydrogens is 316 g/mol. The first-order valence-corrected chi connectivity index (χ1v) is 7.64. The molecule has 8 heteroatoms. The Balaban J connectivity index is 2.37. The standard InChI is InChI=1S/C13H11ClN2O4S/c1-8-6-9(14)2-3-12(8)21(19,20)16-10-4-5-15-11(7-10)13(17)18/h2-7H,1H3,(H,15,16)(H,17,18). The van der Waals surface area contributed by atoms with Gasteiger partial charge in [0.1, 0.15) is 5.69 Å². The highest BCUT2D eigenvalue weighted by molar-refractivity contribution is 7.92. The molecular formula is C13H11ClN2O4S. The van der Waals surface area contributed by atoms with E-state index < -0.39 is 16.0 Å². The van der Waals surface area contributed by atoms with Gasteiger partial charge in [-0.05, 0) is 42.8 Å². The van der Waals surface area contributed by atoms with E-state index in [9.17, 15) is 13.2 Å². The molecule has 2 aromatic rings. The van der Waals surface area contributed by atoms with E-state index in [0.717, 1.165) is 6.07 Å². The molecule has 0 radical (unpaired) electrons. The van der Waals surface area contributed by atoms with Crippen LogP contribution >= 0.6 is 11.6 Å². The number of carbonyl (C=O) groups is 1. The van der Waals surface area contributed by atoms with E-state index in [0.29, 0.717) is 10.6 Å². The predicted molar refractivity (Wildman–Crippen MR) is 78.2 cm³/mol. The van der Waals surface area contributed by atoms with Crippen molar-refractivity contribution in [1.82, 2.24) is 4.98 Å². The summed E-state index contributed by atoms with van der Waals surface area (Å²) in [5, 5.41) is 9.28. The van der Waals surface area contributed by atoms with Crippen molar-refractivity contribution < 1.29 is 18.3 Å². The lowest BCUT2D eigenvalue weighted by Gasteiger charge is -2.10. The number of carboxylic acid groups (broad SMARTS) is 1. The Labute approximate surface area is 126 Å². The van der Waals surface area contributed by atoms with Gasteiger partial charge >= 0.3 is 5.97 Å². The Kier molecular flexibility index (Phi) is 4.15. The number of carboxylic acids is 1. The van der Waals surface area contributed by atoms with Gasteiger partial charge in [0, 0.05) is 11.2 Å². The minimum absolute atomic E-state index is 0.0700. The predicted octanol–water partition coefficient (Wildman–Crippen LogP) is 2.54. The zero-order valence-corrected chi connectivity index (χ0v) is 12.4. The van der Waals surface area contributed by atoms with Crippen molar-refractivity contribution in [3.63, 3.8) is 0 Å². The first-order valence-electron chi connectivity index (χ1n) is 5.78.